The fourth-order valence-electron chi connectivity index (χ4n) is 3.05. The molecule has 0 N–H and O–H groups in total. The summed E-state index contributed by atoms with van der Waals surface area (Å²) in [6, 6.07) is 15.2. The molecule has 1 amide bonds. The molecule has 0 spiro atoms. The predicted molar refractivity (Wildman–Crippen MR) is 85.5 cm³/mol. The van der Waals surface area contributed by atoms with Gasteiger partial charge in [0.05, 0.1) is 0 Å². The third-order valence-electron chi connectivity index (χ3n) is 4.47. The van der Waals surface area contributed by atoms with Crippen LogP contribution in [0.25, 0.3) is 0 Å². The van der Waals surface area contributed by atoms with Crippen molar-refractivity contribution in [3.63, 3.8) is 0 Å². The van der Waals surface area contributed by atoms with E-state index in [1.807, 2.05) is 11.0 Å². The standard InChI is InChI=1S/C19H20FNO/c1-14-7-8-17(13-18(14)20)19(22)21-11-9-16(10-12-21)15-5-3-2-4-6-15/h2-8,13,16H,9-12H2,1H3. The Labute approximate surface area is 130 Å². The number of carbonyl (C=O) groups is 1. The number of halogens is 1. The molecule has 0 atom stereocenters. The number of rotatable bonds is 2. The van der Waals surface area contributed by atoms with Crippen LogP contribution in [0.15, 0.2) is 48.5 Å². The second-order valence-electron chi connectivity index (χ2n) is 5.94. The van der Waals surface area contributed by atoms with Crippen molar-refractivity contribution >= 4 is 5.91 Å². The highest BCUT2D eigenvalue weighted by Crippen LogP contribution is 2.28. The van der Waals surface area contributed by atoms with Crippen molar-refractivity contribution in [2.45, 2.75) is 25.7 Å². The summed E-state index contributed by atoms with van der Waals surface area (Å²) < 4.78 is 13.6. The zero-order valence-corrected chi connectivity index (χ0v) is 12.8. The molecule has 0 aliphatic carbocycles. The Morgan fingerprint density at radius 1 is 1.09 bits per heavy atom. The number of hydrogen-bond donors (Lipinski definition) is 0. The fourth-order valence-corrected chi connectivity index (χ4v) is 3.05. The summed E-state index contributed by atoms with van der Waals surface area (Å²) in [4.78, 5) is 14.3. The van der Waals surface area contributed by atoms with E-state index in [0.717, 1.165) is 25.9 Å². The Morgan fingerprint density at radius 2 is 1.77 bits per heavy atom. The van der Waals surface area contributed by atoms with Crippen LogP contribution in [0.1, 0.15) is 40.2 Å². The lowest BCUT2D eigenvalue weighted by Crippen LogP contribution is -2.38. The number of aryl methyl sites for hydroxylation is 1. The van der Waals surface area contributed by atoms with Gasteiger partial charge in [0.25, 0.3) is 5.91 Å². The molecule has 114 valence electrons. The molecule has 2 aromatic rings. The summed E-state index contributed by atoms with van der Waals surface area (Å²) in [7, 11) is 0. The van der Waals surface area contributed by atoms with E-state index >= 15 is 0 Å². The van der Waals surface area contributed by atoms with E-state index in [-0.39, 0.29) is 11.7 Å². The van der Waals surface area contributed by atoms with Crippen LogP contribution in [0.4, 0.5) is 4.39 Å². The SMILES string of the molecule is Cc1ccc(C(=O)N2CCC(c3ccccc3)CC2)cc1F. The van der Waals surface area contributed by atoms with Gasteiger partial charge in [-0.3, -0.25) is 4.79 Å². The smallest absolute Gasteiger partial charge is 0.253 e. The molecule has 0 radical (unpaired) electrons. The number of hydrogen-bond acceptors (Lipinski definition) is 1. The van der Waals surface area contributed by atoms with Crippen LogP contribution in [0.5, 0.6) is 0 Å². The molecular weight excluding hydrogens is 277 g/mol. The predicted octanol–water partition coefficient (Wildman–Crippen LogP) is 4.15. The van der Waals surface area contributed by atoms with Crippen molar-refractivity contribution < 1.29 is 9.18 Å². The molecule has 1 aliphatic heterocycles. The number of benzene rings is 2. The van der Waals surface area contributed by atoms with Crippen molar-refractivity contribution in [3.05, 3.63) is 71.0 Å². The second kappa shape index (κ2) is 6.30. The molecule has 1 saturated heterocycles. The van der Waals surface area contributed by atoms with Gasteiger partial charge < -0.3 is 4.90 Å². The van der Waals surface area contributed by atoms with Crippen LogP contribution < -0.4 is 0 Å². The van der Waals surface area contributed by atoms with Gasteiger partial charge in [-0.2, -0.15) is 0 Å². The van der Waals surface area contributed by atoms with Gasteiger partial charge in [-0.1, -0.05) is 36.4 Å². The van der Waals surface area contributed by atoms with E-state index in [0.29, 0.717) is 17.0 Å². The maximum atomic E-state index is 13.6. The normalized spacial score (nSPS) is 15.8. The zero-order valence-electron chi connectivity index (χ0n) is 12.8. The van der Waals surface area contributed by atoms with E-state index < -0.39 is 0 Å². The van der Waals surface area contributed by atoms with Gasteiger partial charge in [0.15, 0.2) is 0 Å². The maximum absolute atomic E-state index is 13.6. The summed E-state index contributed by atoms with van der Waals surface area (Å²) in [5, 5.41) is 0. The van der Waals surface area contributed by atoms with E-state index in [4.69, 9.17) is 0 Å². The first-order valence-electron chi connectivity index (χ1n) is 7.75. The minimum Gasteiger partial charge on any atom is -0.339 e. The molecule has 3 rings (SSSR count). The van der Waals surface area contributed by atoms with Crippen LogP contribution in [0.2, 0.25) is 0 Å². The van der Waals surface area contributed by atoms with Gasteiger partial charge in [-0.05, 0) is 48.9 Å². The van der Waals surface area contributed by atoms with Crippen molar-refractivity contribution in [2.75, 3.05) is 13.1 Å². The topological polar surface area (TPSA) is 20.3 Å². The summed E-state index contributed by atoms with van der Waals surface area (Å²) in [5.74, 6) is 0.135. The number of nitrogens with zero attached hydrogens (tertiary/aromatic N) is 1. The minimum atomic E-state index is -0.315. The third-order valence-corrected chi connectivity index (χ3v) is 4.47. The molecule has 0 unspecified atom stereocenters. The van der Waals surface area contributed by atoms with Gasteiger partial charge in [0, 0.05) is 18.7 Å². The zero-order chi connectivity index (χ0) is 15.5. The van der Waals surface area contributed by atoms with Crippen molar-refractivity contribution in [2.24, 2.45) is 0 Å². The highest BCUT2D eigenvalue weighted by atomic mass is 19.1. The maximum Gasteiger partial charge on any atom is 0.253 e. The Hall–Kier alpha value is -2.16. The van der Waals surface area contributed by atoms with E-state index in [2.05, 4.69) is 24.3 Å². The summed E-state index contributed by atoms with van der Waals surface area (Å²) >= 11 is 0. The van der Waals surface area contributed by atoms with Crippen LogP contribution in [-0.2, 0) is 0 Å². The summed E-state index contributed by atoms with van der Waals surface area (Å²) in [6.07, 6.45) is 1.92. The Balaban J connectivity index is 1.66. The molecule has 2 aromatic carbocycles. The lowest BCUT2D eigenvalue weighted by Gasteiger charge is -2.32. The Morgan fingerprint density at radius 3 is 2.41 bits per heavy atom. The molecule has 1 heterocycles. The molecular formula is C19H20FNO. The van der Waals surface area contributed by atoms with Crippen molar-refractivity contribution in [1.29, 1.82) is 0 Å². The molecule has 1 fully saturated rings. The summed E-state index contributed by atoms with van der Waals surface area (Å²) in [6.45, 7) is 3.16. The fraction of sp³-hybridized carbons (Fsp3) is 0.316. The Bertz CT molecular complexity index is 660. The number of amides is 1. The van der Waals surface area contributed by atoms with Crippen molar-refractivity contribution in [3.8, 4) is 0 Å². The van der Waals surface area contributed by atoms with Gasteiger partial charge in [-0.15, -0.1) is 0 Å². The lowest BCUT2D eigenvalue weighted by molar-refractivity contribution is 0.0712. The van der Waals surface area contributed by atoms with Crippen LogP contribution >= 0.6 is 0 Å². The lowest BCUT2D eigenvalue weighted by atomic mass is 9.89. The van der Waals surface area contributed by atoms with E-state index in [1.54, 1.807) is 19.1 Å². The van der Waals surface area contributed by atoms with E-state index in [1.165, 1.54) is 11.6 Å². The highest BCUT2D eigenvalue weighted by Gasteiger charge is 2.24. The number of likely N-dealkylation sites (tertiary alicyclic amines) is 1. The van der Waals surface area contributed by atoms with Gasteiger partial charge in [-0.25, -0.2) is 4.39 Å². The number of carbonyl (C=O) groups excluding carboxylic acids is 1. The van der Waals surface area contributed by atoms with Crippen LogP contribution in [-0.4, -0.2) is 23.9 Å². The Kier molecular flexibility index (Phi) is 4.23. The van der Waals surface area contributed by atoms with Gasteiger partial charge in [0.2, 0.25) is 0 Å². The first-order valence-corrected chi connectivity index (χ1v) is 7.75. The third kappa shape index (κ3) is 3.03. The monoisotopic (exact) mass is 297 g/mol. The minimum absolute atomic E-state index is 0.0644. The molecule has 0 bridgehead atoms. The molecule has 0 saturated carbocycles. The molecule has 3 heteroatoms. The molecule has 2 nitrogen and oxygen atoms in total. The molecule has 1 aliphatic rings. The average molecular weight is 297 g/mol. The molecule has 0 aromatic heterocycles. The van der Waals surface area contributed by atoms with E-state index in [9.17, 15) is 9.18 Å². The summed E-state index contributed by atoms with van der Waals surface area (Å²) in [5.41, 5.74) is 2.36. The first-order chi connectivity index (χ1) is 10.6. The van der Waals surface area contributed by atoms with Crippen molar-refractivity contribution in [1.82, 2.24) is 4.90 Å². The largest absolute Gasteiger partial charge is 0.339 e. The van der Waals surface area contributed by atoms with Crippen LogP contribution in [0, 0.1) is 12.7 Å². The quantitative estimate of drug-likeness (QED) is 0.815. The van der Waals surface area contributed by atoms with Gasteiger partial charge in [0.1, 0.15) is 5.82 Å². The highest BCUT2D eigenvalue weighted by molar-refractivity contribution is 5.94. The average Bonchev–Trinajstić information content (AvgIpc) is 2.58. The molecule has 22 heavy (non-hydrogen) atoms. The number of piperidine rings is 1. The van der Waals surface area contributed by atoms with Crippen LogP contribution in [0.3, 0.4) is 0 Å². The second-order valence-corrected chi connectivity index (χ2v) is 5.94. The first kappa shape index (κ1) is 14.8. The van der Waals surface area contributed by atoms with Gasteiger partial charge >= 0.3 is 0 Å².